The van der Waals surface area contributed by atoms with Crippen LogP contribution in [0.4, 0.5) is 0 Å². The fourth-order valence-corrected chi connectivity index (χ4v) is 3.00. The van der Waals surface area contributed by atoms with Gasteiger partial charge in [-0.3, -0.25) is 9.78 Å². The van der Waals surface area contributed by atoms with Crippen LogP contribution in [-0.4, -0.2) is 10.8 Å². The third-order valence-electron chi connectivity index (χ3n) is 4.27. The van der Waals surface area contributed by atoms with Crippen molar-refractivity contribution in [2.75, 3.05) is 0 Å². The summed E-state index contributed by atoms with van der Waals surface area (Å²) >= 11 is 0. The first-order chi connectivity index (χ1) is 12.3. The molecule has 0 spiro atoms. The second kappa shape index (κ2) is 6.65. The molecule has 0 amide bonds. The summed E-state index contributed by atoms with van der Waals surface area (Å²) < 4.78 is 1.95. The summed E-state index contributed by atoms with van der Waals surface area (Å²) in [5.41, 5.74) is 5.06. The molecule has 3 heteroatoms. The molecule has 0 fully saturated rings. The average Bonchev–Trinajstić information content (AvgIpc) is 2.93. The van der Waals surface area contributed by atoms with Gasteiger partial charge < -0.3 is 0 Å². The predicted molar refractivity (Wildman–Crippen MR) is 97.3 cm³/mol. The summed E-state index contributed by atoms with van der Waals surface area (Å²) in [6.07, 6.45) is 5.38. The van der Waals surface area contributed by atoms with Crippen molar-refractivity contribution in [2.45, 2.75) is 6.54 Å². The molecule has 1 heterocycles. The first kappa shape index (κ1) is 15.2. The van der Waals surface area contributed by atoms with Crippen molar-refractivity contribution in [1.82, 2.24) is 4.98 Å². The molecule has 2 aromatic rings. The highest BCUT2D eigenvalue weighted by atomic mass is 16.1. The number of benzene rings is 1. The van der Waals surface area contributed by atoms with E-state index in [-0.39, 0.29) is 12.3 Å². The van der Waals surface area contributed by atoms with Crippen LogP contribution in [-0.2, 0) is 6.54 Å². The Hall–Kier alpha value is -3.33. The van der Waals surface area contributed by atoms with Crippen LogP contribution in [0, 0.1) is 0 Å². The van der Waals surface area contributed by atoms with Crippen LogP contribution in [0.25, 0.3) is 22.4 Å². The highest BCUT2D eigenvalue weighted by molar-refractivity contribution is 5.95. The lowest BCUT2D eigenvalue weighted by Gasteiger charge is -2.02. The van der Waals surface area contributed by atoms with Crippen LogP contribution in [0.5, 0.6) is 0 Å². The molecule has 0 unspecified atom stereocenters. The van der Waals surface area contributed by atoms with Crippen LogP contribution >= 0.6 is 0 Å². The smallest absolute Gasteiger partial charge is 0.231 e. The van der Waals surface area contributed by atoms with E-state index in [4.69, 9.17) is 0 Å². The van der Waals surface area contributed by atoms with E-state index in [9.17, 15) is 4.79 Å². The Morgan fingerprint density at radius 1 is 0.840 bits per heavy atom. The van der Waals surface area contributed by atoms with Gasteiger partial charge in [0.15, 0.2) is 6.20 Å². The number of hydrogen-bond donors (Lipinski definition) is 0. The van der Waals surface area contributed by atoms with Gasteiger partial charge in [0, 0.05) is 11.1 Å². The maximum absolute atomic E-state index is 12.6. The Kier molecular flexibility index (Phi) is 4.05. The number of hydrogen-bond acceptors (Lipinski definition) is 2. The van der Waals surface area contributed by atoms with Crippen molar-refractivity contribution >= 4 is 5.78 Å². The van der Waals surface area contributed by atoms with Gasteiger partial charge in [0.25, 0.3) is 0 Å². The minimum atomic E-state index is 0.0839. The summed E-state index contributed by atoms with van der Waals surface area (Å²) in [5, 5.41) is 0. The number of Topliss-reactive ketones (excluding diaryl/α,β-unsaturated/α-hetero) is 1. The molecule has 0 saturated carbocycles. The molecular formula is C22H17N2O+. The number of aromatic nitrogens is 2. The predicted octanol–water partition coefficient (Wildman–Crippen LogP) is 4.02. The highest BCUT2D eigenvalue weighted by Crippen LogP contribution is 2.29. The van der Waals surface area contributed by atoms with E-state index in [0.717, 1.165) is 16.8 Å². The van der Waals surface area contributed by atoms with Crippen molar-refractivity contribution in [3.05, 3.63) is 97.0 Å². The average molecular weight is 325 g/mol. The summed E-state index contributed by atoms with van der Waals surface area (Å²) in [4.78, 5) is 16.8. The first-order valence-electron chi connectivity index (χ1n) is 8.22. The van der Waals surface area contributed by atoms with Crippen molar-refractivity contribution in [3.8, 4) is 22.4 Å². The zero-order valence-electron chi connectivity index (χ0n) is 13.7. The van der Waals surface area contributed by atoms with E-state index in [0.29, 0.717) is 0 Å². The fourth-order valence-electron chi connectivity index (χ4n) is 3.00. The molecule has 1 aromatic heterocycles. The number of carbonyl (C=O) groups is 1. The lowest BCUT2D eigenvalue weighted by molar-refractivity contribution is -0.672. The zero-order valence-corrected chi connectivity index (χ0v) is 13.7. The Morgan fingerprint density at radius 2 is 1.48 bits per heavy atom. The molecule has 25 heavy (non-hydrogen) atoms. The molecule has 3 nitrogen and oxygen atoms in total. The lowest BCUT2D eigenvalue weighted by atomic mass is 10.1. The Morgan fingerprint density at radius 3 is 2.16 bits per heavy atom. The van der Waals surface area contributed by atoms with Gasteiger partial charge in [0.05, 0.1) is 12.4 Å². The molecule has 0 N–H and O–H groups in total. The Bertz CT molecular complexity index is 965. The van der Waals surface area contributed by atoms with Crippen molar-refractivity contribution in [3.63, 3.8) is 0 Å². The first-order valence-corrected chi connectivity index (χ1v) is 8.22. The van der Waals surface area contributed by atoms with Gasteiger partial charge in [-0.2, -0.15) is 4.57 Å². The molecule has 0 aliphatic heterocycles. The van der Waals surface area contributed by atoms with Crippen LogP contribution in [0.2, 0.25) is 0 Å². The van der Waals surface area contributed by atoms with E-state index in [2.05, 4.69) is 29.2 Å². The van der Waals surface area contributed by atoms with Crippen LogP contribution in [0.1, 0.15) is 10.4 Å². The van der Waals surface area contributed by atoms with Gasteiger partial charge >= 0.3 is 0 Å². The molecule has 0 radical (unpaired) electrons. The second-order valence-electron chi connectivity index (χ2n) is 5.94. The number of rotatable bonds is 4. The molecule has 0 atom stereocenters. The standard InChI is InChI=1S/C22H17N2O/c25-22(17-7-3-1-4-8-17)16-24-12-11-23-15-21(24)20-13-18-9-5-2-6-10-19(18)14-20/h1-15H,16H2/q+1. The molecule has 1 aromatic carbocycles. The van der Waals surface area contributed by atoms with Gasteiger partial charge in [-0.15, -0.1) is 0 Å². The fraction of sp³-hybridized carbons (Fsp3) is 0.0455. The van der Waals surface area contributed by atoms with E-state index in [1.807, 2.05) is 65.5 Å². The minimum Gasteiger partial charge on any atom is -0.287 e. The molecule has 2 aliphatic carbocycles. The molecule has 4 rings (SSSR count). The number of ketones is 1. The van der Waals surface area contributed by atoms with Gasteiger partial charge in [0.2, 0.25) is 18.0 Å². The third-order valence-corrected chi connectivity index (χ3v) is 4.27. The highest BCUT2D eigenvalue weighted by Gasteiger charge is 2.19. The van der Waals surface area contributed by atoms with Gasteiger partial charge in [-0.25, -0.2) is 0 Å². The maximum Gasteiger partial charge on any atom is 0.231 e. The minimum absolute atomic E-state index is 0.0839. The van der Waals surface area contributed by atoms with Gasteiger partial charge in [-0.05, 0) is 23.3 Å². The molecule has 2 aliphatic rings. The topological polar surface area (TPSA) is 33.8 Å². The quantitative estimate of drug-likeness (QED) is 0.419. The number of carbonyl (C=O) groups excluding carboxylic acids is 1. The normalized spacial score (nSPS) is 10.7. The van der Waals surface area contributed by atoms with Crippen LogP contribution in [0.3, 0.4) is 0 Å². The summed E-state index contributed by atoms with van der Waals surface area (Å²) in [6.45, 7) is 0.289. The van der Waals surface area contributed by atoms with E-state index >= 15 is 0 Å². The molecule has 0 saturated heterocycles. The van der Waals surface area contributed by atoms with E-state index in [1.165, 1.54) is 11.1 Å². The summed E-state index contributed by atoms with van der Waals surface area (Å²) in [7, 11) is 0. The van der Waals surface area contributed by atoms with Crippen molar-refractivity contribution in [1.29, 1.82) is 0 Å². The van der Waals surface area contributed by atoms with Crippen molar-refractivity contribution in [2.24, 2.45) is 0 Å². The number of fused-ring (bicyclic) bond motifs is 1. The largest absolute Gasteiger partial charge is 0.287 e. The van der Waals surface area contributed by atoms with Gasteiger partial charge in [-0.1, -0.05) is 60.7 Å². The van der Waals surface area contributed by atoms with Gasteiger partial charge in [0.1, 0.15) is 0 Å². The summed E-state index contributed by atoms with van der Waals surface area (Å²) in [5.74, 6) is 0.0839. The van der Waals surface area contributed by atoms with Crippen LogP contribution < -0.4 is 4.57 Å². The lowest BCUT2D eigenvalue weighted by Crippen LogP contribution is -2.39. The zero-order chi connectivity index (χ0) is 17.1. The van der Waals surface area contributed by atoms with Crippen molar-refractivity contribution < 1.29 is 9.36 Å². The molecular weight excluding hydrogens is 308 g/mol. The third kappa shape index (κ3) is 3.17. The maximum atomic E-state index is 12.6. The molecule has 120 valence electrons. The molecule has 0 bridgehead atoms. The summed E-state index contributed by atoms with van der Waals surface area (Å²) in [6, 6.07) is 23.9. The Balaban J connectivity index is 1.72. The van der Waals surface area contributed by atoms with Crippen LogP contribution in [0.15, 0.2) is 91.4 Å². The monoisotopic (exact) mass is 325 g/mol. The number of nitrogens with zero attached hydrogens (tertiary/aromatic N) is 2. The SMILES string of the molecule is O=C(C[n+]1ccncc1-c1cc2cccccc-2c1)c1ccccc1. The second-order valence-corrected chi connectivity index (χ2v) is 5.94. The van der Waals surface area contributed by atoms with E-state index in [1.54, 1.807) is 6.20 Å². The van der Waals surface area contributed by atoms with E-state index < -0.39 is 0 Å². The Labute approximate surface area is 146 Å².